The minimum Gasteiger partial charge on any atom is -0.369 e. The average Bonchev–Trinajstić information content (AvgIpc) is 2.77. The summed E-state index contributed by atoms with van der Waals surface area (Å²) in [4.78, 5) is 2.59. The number of fused-ring (bicyclic) bond motifs is 1. The van der Waals surface area contributed by atoms with Gasteiger partial charge in [-0.3, -0.25) is 0 Å². The third-order valence-electron chi connectivity index (χ3n) is 5.06. The molecular formula is C19H26N2. The van der Waals surface area contributed by atoms with Gasteiger partial charge in [0.2, 0.25) is 0 Å². The second kappa shape index (κ2) is 6.07. The van der Waals surface area contributed by atoms with E-state index in [0.29, 0.717) is 0 Å². The quantitative estimate of drug-likeness (QED) is 0.907. The Hall–Kier alpha value is -1.54. The van der Waals surface area contributed by atoms with Crippen molar-refractivity contribution in [1.29, 1.82) is 0 Å². The number of nitrogens with zero attached hydrogens (tertiary/aromatic N) is 1. The summed E-state index contributed by atoms with van der Waals surface area (Å²) in [7, 11) is 0. The van der Waals surface area contributed by atoms with Crippen molar-refractivity contribution in [1.82, 2.24) is 5.32 Å². The molecule has 2 heteroatoms. The molecule has 21 heavy (non-hydrogen) atoms. The zero-order valence-corrected chi connectivity index (χ0v) is 13.2. The van der Waals surface area contributed by atoms with Gasteiger partial charge in [0.05, 0.1) is 0 Å². The van der Waals surface area contributed by atoms with E-state index in [1.54, 1.807) is 0 Å². The fourth-order valence-electron chi connectivity index (χ4n) is 3.54. The van der Waals surface area contributed by atoms with Crippen LogP contribution >= 0.6 is 0 Å². The lowest BCUT2D eigenvalue weighted by atomic mass is 9.92. The van der Waals surface area contributed by atoms with Crippen LogP contribution in [-0.2, 0) is 0 Å². The highest BCUT2D eigenvalue weighted by atomic mass is 15.2. The van der Waals surface area contributed by atoms with Gasteiger partial charge in [-0.2, -0.15) is 0 Å². The number of hydrogen-bond donors (Lipinski definition) is 1. The molecule has 0 spiro atoms. The maximum atomic E-state index is 3.80. The molecule has 112 valence electrons. The molecule has 2 nitrogen and oxygen atoms in total. The minimum atomic E-state index is 0.257. The Kier molecular flexibility index (Phi) is 4.16. The Morgan fingerprint density at radius 2 is 1.81 bits per heavy atom. The summed E-state index contributed by atoms with van der Waals surface area (Å²) < 4.78 is 0. The predicted octanol–water partition coefficient (Wildman–Crippen LogP) is 4.20. The highest BCUT2D eigenvalue weighted by molar-refractivity contribution is 5.94. The van der Waals surface area contributed by atoms with Crippen molar-refractivity contribution in [2.24, 2.45) is 0 Å². The third-order valence-corrected chi connectivity index (χ3v) is 5.06. The van der Waals surface area contributed by atoms with Crippen LogP contribution in [0.4, 0.5) is 5.69 Å². The zero-order valence-electron chi connectivity index (χ0n) is 13.2. The van der Waals surface area contributed by atoms with E-state index in [1.807, 2.05) is 0 Å². The topological polar surface area (TPSA) is 15.3 Å². The van der Waals surface area contributed by atoms with Crippen molar-refractivity contribution in [3.63, 3.8) is 0 Å². The van der Waals surface area contributed by atoms with E-state index in [2.05, 4.69) is 66.5 Å². The van der Waals surface area contributed by atoms with Crippen LogP contribution in [0.25, 0.3) is 10.8 Å². The van der Waals surface area contributed by atoms with E-state index in [-0.39, 0.29) is 5.54 Å². The number of anilines is 1. The van der Waals surface area contributed by atoms with E-state index in [9.17, 15) is 0 Å². The molecule has 0 bridgehead atoms. The molecule has 1 aliphatic rings. The Morgan fingerprint density at radius 1 is 1.05 bits per heavy atom. The van der Waals surface area contributed by atoms with Gasteiger partial charge in [-0.1, -0.05) is 50.2 Å². The van der Waals surface area contributed by atoms with Crippen molar-refractivity contribution in [3.8, 4) is 0 Å². The molecule has 0 amide bonds. The summed E-state index contributed by atoms with van der Waals surface area (Å²) in [6.07, 6.45) is 3.58. The van der Waals surface area contributed by atoms with Crippen molar-refractivity contribution in [2.45, 2.75) is 38.6 Å². The molecule has 0 aromatic heterocycles. The second-order valence-corrected chi connectivity index (χ2v) is 6.19. The molecule has 0 saturated carbocycles. The number of hydrogen-bond acceptors (Lipinski definition) is 2. The SMILES string of the molecule is CCC1(CC)CN(c2cccc3ccccc23)CCCN1. The maximum Gasteiger partial charge on any atom is 0.0446 e. The fourth-order valence-corrected chi connectivity index (χ4v) is 3.54. The van der Waals surface area contributed by atoms with Crippen molar-refractivity contribution >= 4 is 16.5 Å². The van der Waals surface area contributed by atoms with E-state index in [0.717, 1.165) is 19.6 Å². The number of nitrogens with one attached hydrogen (secondary N) is 1. The van der Waals surface area contributed by atoms with Crippen molar-refractivity contribution < 1.29 is 0 Å². The summed E-state index contributed by atoms with van der Waals surface area (Å²) in [5.41, 5.74) is 1.65. The molecule has 2 aromatic rings. The predicted molar refractivity (Wildman–Crippen MR) is 92.1 cm³/mol. The lowest BCUT2D eigenvalue weighted by Crippen LogP contribution is -2.50. The van der Waals surface area contributed by atoms with Crippen LogP contribution in [-0.4, -0.2) is 25.2 Å². The fraction of sp³-hybridized carbons (Fsp3) is 0.474. The van der Waals surface area contributed by atoms with Gasteiger partial charge in [0.25, 0.3) is 0 Å². The van der Waals surface area contributed by atoms with Gasteiger partial charge in [0, 0.05) is 29.7 Å². The van der Waals surface area contributed by atoms with Crippen molar-refractivity contribution in [2.75, 3.05) is 24.5 Å². The van der Waals surface area contributed by atoms with Crippen LogP contribution in [0.2, 0.25) is 0 Å². The first kappa shape index (κ1) is 14.4. The van der Waals surface area contributed by atoms with Gasteiger partial charge < -0.3 is 10.2 Å². The van der Waals surface area contributed by atoms with E-state index in [1.165, 1.54) is 35.7 Å². The van der Waals surface area contributed by atoms with Gasteiger partial charge >= 0.3 is 0 Å². The van der Waals surface area contributed by atoms with E-state index < -0.39 is 0 Å². The summed E-state index contributed by atoms with van der Waals surface area (Å²) >= 11 is 0. The van der Waals surface area contributed by atoms with Gasteiger partial charge in [-0.05, 0) is 37.3 Å². The van der Waals surface area contributed by atoms with Gasteiger partial charge in [-0.15, -0.1) is 0 Å². The highest BCUT2D eigenvalue weighted by Crippen LogP contribution is 2.30. The molecule has 0 aliphatic carbocycles. The standard InChI is InChI=1S/C19H26N2/c1-3-19(4-2)15-21(14-8-13-20-19)18-12-7-10-16-9-5-6-11-17(16)18/h5-7,9-12,20H,3-4,8,13-15H2,1-2H3. The molecule has 0 radical (unpaired) electrons. The average molecular weight is 282 g/mol. The largest absolute Gasteiger partial charge is 0.369 e. The van der Waals surface area contributed by atoms with E-state index >= 15 is 0 Å². The second-order valence-electron chi connectivity index (χ2n) is 6.19. The Balaban J connectivity index is 2.00. The maximum absolute atomic E-state index is 3.80. The normalized spacial score (nSPS) is 18.7. The number of rotatable bonds is 3. The molecule has 0 unspecified atom stereocenters. The minimum absolute atomic E-state index is 0.257. The molecule has 3 rings (SSSR count). The molecule has 2 aromatic carbocycles. The summed E-state index contributed by atoms with van der Waals surface area (Å²) in [5.74, 6) is 0. The molecule has 1 fully saturated rings. The lowest BCUT2D eigenvalue weighted by molar-refractivity contribution is 0.322. The van der Waals surface area contributed by atoms with Crippen LogP contribution in [0.3, 0.4) is 0 Å². The first-order valence-electron chi connectivity index (χ1n) is 8.26. The third kappa shape index (κ3) is 2.77. The molecule has 1 saturated heterocycles. The van der Waals surface area contributed by atoms with Crippen molar-refractivity contribution in [3.05, 3.63) is 42.5 Å². The summed E-state index contributed by atoms with van der Waals surface area (Å²) in [6.45, 7) is 7.99. The Bertz CT molecular complexity index is 596. The van der Waals surface area contributed by atoms with Crippen LogP contribution in [0.1, 0.15) is 33.1 Å². The molecular weight excluding hydrogens is 256 g/mol. The first-order valence-corrected chi connectivity index (χ1v) is 8.26. The van der Waals surface area contributed by atoms with Gasteiger partial charge in [0.1, 0.15) is 0 Å². The molecule has 1 heterocycles. The van der Waals surface area contributed by atoms with Crippen LogP contribution in [0.15, 0.2) is 42.5 Å². The van der Waals surface area contributed by atoms with Crippen LogP contribution < -0.4 is 10.2 Å². The van der Waals surface area contributed by atoms with Crippen LogP contribution in [0, 0.1) is 0 Å². The van der Waals surface area contributed by atoms with Crippen LogP contribution in [0.5, 0.6) is 0 Å². The smallest absolute Gasteiger partial charge is 0.0446 e. The molecule has 1 aliphatic heterocycles. The number of benzene rings is 2. The monoisotopic (exact) mass is 282 g/mol. The Labute approximate surface area is 128 Å². The van der Waals surface area contributed by atoms with Gasteiger partial charge in [0.15, 0.2) is 0 Å². The van der Waals surface area contributed by atoms with E-state index in [4.69, 9.17) is 0 Å². The highest BCUT2D eigenvalue weighted by Gasteiger charge is 2.30. The first-order chi connectivity index (χ1) is 10.3. The lowest BCUT2D eigenvalue weighted by Gasteiger charge is -2.36. The zero-order chi connectivity index (χ0) is 14.7. The Morgan fingerprint density at radius 3 is 2.62 bits per heavy atom. The molecule has 0 atom stereocenters. The summed E-state index contributed by atoms with van der Waals surface area (Å²) in [6, 6.07) is 15.4. The summed E-state index contributed by atoms with van der Waals surface area (Å²) in [5, 5.41) is 6.52. The van der Waals surface area contributed by atoms with Gasteiger partial charge in [-0.25, -0.2) is 0 Å². The molecule has 1 N–H and O–H groups in total.